The van der Waals surface area contributed by atoms with Gasteiger partial charge in [0, 0.05) is 16.5 Å². The Bertz CT molecular complexity index is 1660. The van der Waals surface area contributed by atoms with Crippen molar-refractivity contribution in [1.82, 2.24) is 20.8 Å². The lowest BCUT2D eigenvalue weighted by atomic mass is 10.0. The van der Waals surface area contributed by atoms with Crippen LogP contribution in [0.15, 0.2) is 65.2 Å². The maximum absolute atomic E-state index is 13.3. The third kappa shape index (κ3) is 7.97. The highest BCUT2D eigenvalue weighted by atomic mass is 16.5. The first-order valence-corrected chi connectivity index (χ1v) is 14.0. The maximum atomic E-state index is 13.3. The number of amides is 2. The van der Waals surface area contributed by atoms with Crippen molar-refractivity contribution in [3.8, 4) is 23.0 Å². The highest BCUT2D eigenvalue weighted by Gasteiger charge is 2.30. The molecule has 0 radical (unpaired) electrons. The summed E-state index contributed by atoms with van der Waals surface area (Å²) < 4.78 is 16.4. The lowest BCUT2D eigenvalue weighted by Gasteiger charge is -2.25. The zero-order chi connectivity index (χ0) is 31.8. The van der Waals surface area contributed by atoms with Gasteiger partial charge in [-0.15, -0.1) is 0 Å². The summed E-state index contributed by atoms with van der Waals surface area (Å²) in [5.41, 5.74) is 1.11. The standard InChI is InChI=1S/C32H34N4O8/c1-18(2)30(35-28(38)15-22-14-21(12-13-26(22)42-4)32-33-19(3)36-44-32)31(41)34-24(16-29(39)40)25(37)17-43-27-11-7-9-20-8-5-6-10-23(20)27/h5-14,18,24,30H,15-17H2,1-4H3,(H,34,41)(H,35,38)(H,39,40)/t24-,30-/m0/s1. The van der Waals surface area contributed by atoms with Crippen molar-refractivity contribution in [3.05, 3.63) is 72.1 Å². The van der Waals surface area contributed by atoms with E-state index in [-0.39, 0.29) is 18.2 Å². The average Bonchev–Trinajstić information content (AvgIpc) is 3.44. The fraction of sp³-hybridized carbons (Fsp3) is 0.312. The number of Topliss-reactive ketones (excluding diaryl/α,β-unsaturated/α-hetero) is 1. The first kappa shape index (κ1) is 31.7. The number of aryl methyl sites for hydroxylation is 1. The summed E-state index contributed by atoms with van der Waals surface area (Å²) in [6, 6.07) is 15.5. The molecule has 0 aliphatic rings. The normalized spacial score (nSPS) is 12.4. The molecule has 2 amide bonds. The van der Waals surface area contributed by atoms with Gasteiger partial charge in [0.05, 0.1) is 20.0 Å². The smallest absolute Gasteiger partial charge is 0.305 e. The predicted molar refractivity (Wildman–Crippen MR) is 160 cm³/mol. The quantitative estimate of drug-likeness (QED) is 0.194. The number of ketones is 1. The van der Waals surface area contributed by atoms with E-state index in [0.717, 1.165) is 10.8 Å². The molecule has 0 spiro atoms. The topological polar surface area (TPSA) is 170 Å². The number of ether oxygens (including phenoxy) is 2. The molecule has 4 rings (SSSR count). The van der Waals surface area contributed by atoms with Crippen LogP contribution < -0.4 is 20.1 Å². The number of benzene rings is 3. The second kappa shape index (κ2) is 14.3. The van der Waals surface area contributed by atoms with Gasteiger partial charge in [0.2, 0.25) is 11.8 Å². The van der Waals surface area contributed by atoms with Gasteiger partial charge in [-0.2, -0.15) is 4.98 Å². The molecule has 1 heterocycles. The Morgan fingerprint density at radius 3 is 2.41 bits per heavy atom. The minimum absolute atomic E-state index is 0.142. The highest BCUT2D eigenvalue weighted by molar-refractivity contribution is 5.96. The molecular formula is C32H34N4O8. The van der Waals surface area contributed by atoms with Gasteiger partial charge in [0.15, 0.2) is 11.6 Å². The van der Waals surface area contributed by atoms with Crippen LogP contribution in [0.4, 0.5) is 0 Å². The Balaban J connectivity index is 1.44. The second-order valence-corrected chi connectivity index (χ2v) is 10.5. The zero-order valence-electron chi connectivity index (χ0n) is 24.8. The number of rotatable bonds is 14. The van der Waals surface area contributed by atoms with Crippen molar-refractivity contribution in [2.24, 2.45) is 5.92 Å². The molecule has 230 valence electrons. The predicted octanol–water partition coefficient (Wildman–Crippen LogP) is 3.50. The summed E-state index contributed by atoms with van der Waals surface area (Å²) >= 11 is 0. The summed E-state index contributed by atoms with van der Waals surface area (Å²) in [7, 11) is 1.47. The number of methoxy groups -OCH3 is 1. The van der Waals surface area contributed by atoms with E-state index in [9.17, 15) is 24.3 Å². The maximum Gasteiger partial charge on any atom is 0.305 e. The van der Waals surface area contributed by atoms with Crippen LogP contribution in [0.3, 0.4) is 0 Å². The fourth-order valence-electron chi connectivity index (χ4n) is 4.65. The summed E-state index contributed by atoms with van der Waals surface area (Å²) in [4.78, 5) is 55.3. The second-order valence-electron chi connectivity index (χ2n) is 10.5. The molecule has 0 bridgehead atoms. The van der Waals surface area contributed by atoms with E-state index in [1.54, 1.807) is 51.1 Å². The summed E-state index contributed by atoms with van der Waals surface area (Å²) in [6.45, 7) is 4.68. The number of aromatic nitrogens is 2. The number of hydrogen-bond donors (Lipinski definition) is 3. The minimum atomic E-state index is -1.37. The number of hydrogen-bond acceptors (Lipinski definition) is 9. The van der Waals surface area contributed by atoms with Gasteiger partial charge in [-0.25, -0.2) is 0 Å². The van der Waals surface area contributed by atoms with E-state index in [0.29, 0.717) is 28.5 Å². The van der Waals surface area contributed by atoms with E-state index < -0.39 is 48.7 Å². The molecule has 0 unspecified atom stereocenters. The molecule has 12 nitrogen and oxygen atoms in total. The van der Waals surface area contributed by atoms with Gasteiger partial charge < -0.3 is 29.7 Å². The van der Waals surface area contributed by atoms with E-state index in [1.807, 2.05) is 30.3 Å². The minimum Gasteiger partial charge on any atom is -0.496 e. The van der Waals surface area contributed by atoms with E-state index in [2.05, 4.69) is 20.8 Å². The first-order chi connectivity index (χ1) is 21.0. The third-order valence-electron chi connectivity index (χ3n) is 6.88. The molecule has 0 saturated carbocycles. The van der Waals surface area contributed by atoms with Gasteiger partial charge in [0.25, 0.3) is 5.89 Å². The Labute approximate surface area is 253 Å². The van der Waals surface area contributed by atoms with Crippen LogP contribution in [-0.4, -0.2) is 64.6 Å². The Morgan fingerprint density at radius 2 is 1.73 bits per heavy atom. The van der Waals surface area contributed by atoms with Crippen LogP contribution in [0.25, 0.3) is 22.2 Å². The van der Waals surface area contributed by atoms with E-state index in [4.69, 9.17) is 14.0 Å². The number of carbonyl (C=O) groups is 4. The van der Waals surface area contributed by atoms with Gasteiger partial charge in [-0.1, -0.05) is 55.4 Å². The molecule has 2 atom stereocenters. The third-order valence-corrected chi connectivity index (χ3v) is 6.88. The molecule has 0 aliphatic heterocycles. The molecular weight excluding hydrogens is 568 g/mol. The fourth-order valence-corrected chi connectivity index (χ4v) is 4.65. The Hall–Kier alpha value is -5.26. The Kier molecular flexibility index (Phi) is 10.3. The van der Waals surface area contributed by atoms with Crippen molar-refractivity contribution in [2.45, 2.75) is 45.7 Å². The average molecular weight is 603 g/mol. The summed E-state index contributed by atoms with van der Waals surface area (Å²) in [6.07, 6.45) is -0.793. The highest BCUT2D eigenvalue weighted by Crippen LogP contribution is 2.27. The first-order valence-electron chi connectivity index (χ1n) is 14.0. The number of nitrogens with zero attached hydrogens (tertiary/aromatic N) is 2. The van der Waals surface area contributed by atoms with Gasteiger partial charge in [-0.05, 0) is 42.5 Å². The van der Waals surface area contributed by atoms with Gasteiger partial charge >= 0.3 is 5.97 Å². The Morgan fingerprint density at radius 1 is 0.977 bits per heavy atom. The monoisotopic (exact) mass is 602 g/mol. The van der Waals surface area contributed by atoms with Crippen molar-refractivity contribution < 1.29 is 38.3 Å². The van der Waals surface area contributed by atoms with Gasteiger partial charge in [-0.3, -0.25) is 19.2 Å². The molecule has 3 N–H and O–H groups in total. The lowest BCUT2D eigenvalue weighted by Crippen LogP contribution is -2.54. The number of carboxylic acids is 1. The SMILES string of the molecule is COc1ccc(-c2nc(C)no2)cc1CC(=O)N[C@H](C(=O)N[C@@H](CC(=O)O)C(=O)COc1cccc2ccccc12)C(C)C. The molecule has 0 fully saturated rings. The molecule has 44 heavy (non-hydrogen) atoms. The largest absolute Gasteiger partial charge is 0.496 e. The van der Waals surface area contributed by atoms with Crippen molar-refractivity contribution in [3.63, 3.8) is 0 Å². The van der Waals surface area contributed by atoms with Crippen LogP contribution in [0.1, 0.15) is 31.7 Å². The molecule has 12 heteroatoms. The number of fused-ring (bicyclic) bond motifs is 1. The molecule has 4 aromatic rings. The number of aliphatic carboxylic acids is 1. The molecule has 0 saturated heterocycles. The van der Waals surface area contributed by atoms with Crippen LogP contribution >= 0.6 is 0 Å². The van der Waals surface area contributed by atoms with Crippen molar-refractivity contribution >= 4 is 34.3 Å². The number of carbonyl (C=O) groups excluding carboxylic acids is 3. The van der Waals surface area contributed by atoms with Crippen molar-refractivity contribution in [1.29, 1.82) is 0 Å². The number of carboxylic acid groups (broad SMARTS) is 1. The molecule has 3 aromatic carbocycles. The molecule has 0 aliphatic carbocycles. The molecule has 1 aromatic heterocycles. The van der Waals surface area contributed by atoms with E-state index in [1.165, 1.54) is 7.11 Å². The number of nitrogens with one attached hydrogen (secondary N) is 2. The zero-order valence-corrected chi connectivity index (χ0v) is 24.8. The summed E-state index contributed by atoms with van der Waals surface area (Å²) in [5, 5.41) is 20.2. The summed E-state index contributed by atoms with van der Waals surface area (Å²) in [5.74, 6) is -1.83. The van der Waals surface area contributed by atoms with E-state index >= 15 is 0 Å². The van der Waals surface area contributed by atoms with Crippen LogP contribution in [0.5, 0.6) is 11.5 Å². The van der Waals surface area contributed by atoms with Crippen LogP contribution in [0.2, 0.25) is 0 Å². The lowest BCUT2D eigenvalue weighted by molar-refractivity contribution is -0.141. The van der Waals surface area contributed by atoms with Crippen molar-refractivity contribution in [2.75, 3.05) is 13.7 Å². The van der Waals surface area contributed by atoms with Gasteiger partial charge in [0.1, 0.15) is 30.2 Å². The van der Waals surface area contributed by atoms with Crippen LogP contribution in [0, 0.1) is 12.8 Å². The van der Waals surface area contributed by atoms with Crippen LogP contribution in [-0.2, 0) is 25.6 Å².